The first-order chi connectivity index (χ1) is 16.7. The van der Waals surface area contributed by atoms with E-state index in [4.69, 9.17) is 28.4 Å². The van der Waals surface area contributed by atoms with Crippen LogP contribution in [-0.4, -0.2) is 64.1 Å². The highest BCUT2D eigenvalue weighted by Crippen LogP contribution is 2.20. The largest absolute Gasteiger partial charge is 0.491 e. The molecule has 3 saturated heterocycles. The van der Waals surface area contributed by atoms with Crippen LogP contribution in [-0.2, 0) is 28.4 Å². The van der Waals surface area contributed by atoms with Crippen LogP contribution >= 0.6 is 0 Å². The molecule has 3 heterocycles. The minimum absolute atomic E-state index is 0.214. The van der Waals surface area contributed by atoms with Crippen LogP contribution in [0.5, 0.6) is 0 Å². The zero-order valence-electron chi connectivity index (χ0n) is 20.2. The highest BCUT2D eigenvalue weighted by molar-refractivity contribution is 5.25. The molecule has 3 fully saturated rings. The molecule has 0 radical (unpaired) electrons. The van der Waals surface area contributed by atoms with Crippen molar-refractivity contribution in [2.45, 2.75) is 50.6 Å². The van der Waals surface area contributed by atoms with Crippen molar-refractivity contribution in [1.29, 1.82) is 0 Å². The fraction of sp³-hybridized carbons (Fsp3) is 0.500. The summed E-state index contributed by atoms with van der Waals surface area (Å²) < 4.78 is 31.9. The van der Waals surface area contributed by atoms with Crippen LogP contribution in [0.4, 0.5) is 0 Å². The lowest BCUT2D eigenvalue weighted by Crippen LogP contribution is -2.15. The Morgan fingerprint density at radius 3 is 2.29 bits per heavy atom. The van der Waals surface area contributed by atoms with Gasteiger partial charge in [0.05, 0.1) is 32.5 Å². The summed E-state index contributed by atoms with van der Waals surface area (Å²) in [7, 11) is 0. The van der Waals surface area contributed by atoms with Gasteiger partial charge >= 0.3 is 0 Å². The lowest BCUT2D eigenvalue weighted by molar-refractivity contribution is 0.0730. The number of hydrogen-bond acceptors (Lipinski definition) is 6. The first-order valence-corrected chi connectivity index (χ1v) is 12.1. The van der Waals surface area contributed by atoms with Crippen LogP contribution in [0.15, 0.2) is 84.9 Å². The van der Waals surface area contributed by atoms with Gasteiger partial charge in [0.25, 0.3) is 0 Å². The molecule has 0 amide bonds. The number of hydrogen-bond donors (Lipinski definition) is 0. The van der Waals surface area contributed by atoms with E-state index in [0.29, 0.717) is 37.3 Å². The average Bonchev–Trinajstić information content (AvgIpc) is 3.72. The number of ether oxygens (including phenoxy) is 6. The van der Waals surface area contributed by atoms with Crippen LogP contribution in [0.3, 0.4) is 0 Å². The van der Waals surface area contributed by atoms with Gasteiger partial charge in [0.15, 0.2) is 0 Å². The molecule has 0 saturated carbocycles. The van der Waals surface area contributed by atoms with E-state index < -0.39 is 0 Å². The Morgan fingerprint density at radius 1 is 1.03 bits per heavy atom. The van der Waals surface area contributed by atoms with Gasteiger partial charge in [-0.2, -0.15) is 0 Å². The summed E-state index contributed by atoms with van der Waals surface area (Å²) in [6, 6.07) is 0. The second-order valence-corrected chi connectivity index (χ2v) is 8.43. The Hall–Kier alpha value is -2.38. The lowest BCUT2D eigenvalue weighted by atomic mass is 10.0. The molecule has 4 aliphatic rings. The molecule has 3 aliphatic heterocycles. The molecule has 0 aromatic rings. The molecule has 4 unspecified atom stereocenters. The molecule has 0 N–H and O–H groups in total. The predicted molar refractivity (Wildman–Crippen MR) is 133 cm³/mol. The second kappa shape index (κ2) is 14.8. The van der Waals surface area contributed by atoms with E-state index in [1.165, 1.54) is 5.57 Å². The smallest absolute Gasteiger partial charge is 0.117 e. The SMILES string of the molecule is C/C=C(\C=C/CCC1=CCC(OCC2CO2)C=C1)OCC1CO1.C=C/C=C\C(=C)OCC1CO1. The van der Waals surface area contributed by atoms with Crippen molar-refractivity contribution in [3.05, 3.63) is 84.9 Å². The van der Waals surface area contributed by atoms with Crippen LogP contribution in [0.2, 0.25) is 0 Å². The van der Waals surface area contributed by atoms with Gasteiger partial charge < -0.3 is 28.4 Å². The van der Waals surface area contributed by atoms with E-state index in [0.717, 1.165) is 51.4 Å². The molecule has 6 heteroatoms. The fourth-order valence-corrected chi connectivity index (χ4v) is 2.97. The standard InChI is InChI=1S/C19H26O4.C9H12O2/c1-2-16(20-11-18-13-22-18)6-4-3-5-15-7-9-17(10-8-15)21-12-19-14-23-19;1-3-4-5-8(2)10-6-9-7-11-9/h2,4,6-9,17-19H,3,5,10-14H2,1H3;3-5,9H,1-2,6-7H2/b6-4-,16-2+;5-4-. The van der Waals surface area contributed by atoms with E-state index in [9.17, 15) is 0 Å². The highest BCUT2D eigenvalue weighted by atomic mass is 16.6. The quantitative estimate of drug-likeness (QED) is 0.191. The summed E-state index contributed by atoms with van der Waals surface area (Å²) in [6.07, 6.45) is 22.3. The third-order valence-electron chi connectivity index (χ3n) is 5.32. The summed E-state index contributed by atoms with van der Waals surface area (Å²) in [4.78, 5) is 0. The molecule has 0 bridgehead atoms. The monoisotopic (exact) mass is 470 g/mol. The normalized spacial score (nSPS) is 27.1. The van der Waals surface area contributed by atoms with Gasteiger partial charge in [0.1, 0.15) is 43.0 Å². The van der Waals surface area contributed by atoms with Crippen LogP contribution in [0.25, 0.3) is 0 Å². The predicted octanol–water partition coefficient (Wildman–Crippen LogP) is 4.97. The highest BCUT2D eigenvalue weighted by Gasteiger charge is 2.24. The van der Waals surface area contributed by atoms with Crippen LogP contribution in [0, 0.1) is 0 Å². The fourth-order valence-electron chi connectivity index (χ4n) is 2.97. The second-order valence-electron chi connectivity index (χ2n) is 8.43. The van der Waals surface area contributed by atoms with Gasteiger partial charge in [-0.05, 0) is 44.4 Å². The Balaban J connectivity index is 0.000000248. The minimum atomic E-state index is 0.214. The first kappa shape index (κ1) is 26.2. The van der Waals surface area contributed by atoms with E-state index in [1.54, 1.807) is 18.2 Å². The molecule has 186 valence electrons. The Bertz CT molecular complexity index is 794. The van der Waals surface area contributed by atoms with Crippen molar-refractivity contribution in [3.63, 3.8) is 0 Å². The summed E-state index contributed by atoms with van der Waals surface area (Å²) in [5.41, 5.74) is 1.38. The topological polar surface area (TPSA) is 65.3 Å². The minimum Gasteiger partial charge on any atom is -0.491 e. The summed E-state index contributed by atoms with van der Waals surface area (Å²) >= 11 is 0. The molecular formula is C28H38O6. The number of allylic oxidation sites excluding steroid dienone is 8. The molecule has 6 nitrogen and oxygen atoms in total. The Labute approximate surface area is 203 Å². The van der Waals surface area contributed by atoms with Gasteiger partial charge in [-0.15, -0.1) is 0 Å². The summed E-state index contributed by atoms with van der Waals surface area (Å²) in [5.74, 6) is 1.57. The zero-order chi connectivity index (χ0) is 24.0. The maximum Gasteiger partial charge on any atom is 0.117 e. The van der Waals surface area contributed by atoms with E-state index in [-0.39, 0.29) is 6.10 Å². The molecule has 0 spiro atoms. The zero-order valence-corrected chi connectivity index (χ0v) is 20.2. The summed E-state index contributed by atoms with van der Waals surface area (Å²) in [6.45, 7) is 13.7. The molecule has 0 aromatic heterocycles. The number of epoxide rings is 3. The molecule has 4 rings (SSSR count). The third kappa shape index (κ3) is 12.2. The van der Waals surface area contributed by atoms with Crippen molar-refractivity contribution in [1.82, 2.24) is 0 Å². The van der Waals surface area contributed by atoms with Gasteiger partial charge in [-0.1, -0.05) is 55.2 Å². The molecule has 1 aliphatic carbocycles. The molecule has 4 atom stereocenters. The van der Waals surface area contributed by atoms with Crippen molar-refractivity contribution >= 4 is 0 Å². The average molecular weight is 471 g/mol. The van der Waals surface area contributed by atoms with Crippen molar-refractivity contribution < 1.29 is 28.4 Å². The maximum atomic E-state index is 5.77. The first-order valence-electron chi connectivity index (χ1n) is 12.1. The Morgan fingerprint density at radius 2 is 1.71 bits per heavy atom. The molecular weight excluding hydrogens is 432 g/mol. The van der Waals surface area contributed by atoms with Crippen molar-refractivity contribution in [2.75, 3.05) is 39.6 Å². The van der Waals surface area contributed by atoms with Crippen LogP contribution in [0.1, 0.15) is 26.2 Å². The van der Waals surface area contributed by atoms with Crippen LogP contribution < -0.4 is 0 Å². The van der Waals surface area contributed by atoms with E-state index in [1.807, 2.05) is 13.0 Å². The lowest BCUT2D eigenvalue weighted by Gasteiger charge is -2.16. The number of rotatable bonds is 15. The van der Waals surface area contributed by atoms with Gasteiger partial charge in [-0.3, -0.25) is 0 Å². The molecule has 34 heavy (non-hydrogen) atoms. The van der Waals surface area contributed by atoms with E-state index in [2.05, 4.69) is 43.5 Å². The van der Waals surface area contributed by atoms with Gasteiger partial charge in [-0.25, -0.2) is 0 Å². The van der Waals surface area contributed by atoms with Crippen molar-refractivity contribution in [2.24, 2.45) is 0 Å². The molecule has 0 aromatic carbocycles. The Kier molecular flexibility index (Phi) is 11.4. The maximum absolute atomic E-state index is 5.77. The van der Waals surface area contributed by atoms with Crippen molar-refractivity contribution in [3.8, 4) is 0 Å². The third-order valence-corrected chi connectivity index (χ3v) is 5.32. The summed E-state index contributed by atoms with van der Waals surface area (Å²) in [5, 5.41) is 0. The van der Waals surface area contributed by atoms with E-state index >= 15 is 0 Å². The van der Waals surface area contributed by atoms with Gasteiger partial charge in [0.2, 0.25) is 0 Å². The van der Waals surface area contributed by atoms with Gasteiger partial charge in [0, 0.05) is 0 Å².